The third kappa shape index (κ3) is 3.96. The zero-order chi connectivity index (χ0) is 16.6. The van der Waals surface area contributed by atoms with Crippen molar-refractivity contribution in [1.29, 1.82) is 0 Å². The molecule has 1 nitrogen and oxygen atoms in total. The maximum atomic E-state index is 4.45. The molecule has 22 heavy (non-hydrogen) atoms. The Bertz CT molecular complexity index is 335. The molecular formula is C19H41NSi2. The Morgan fingerprint density at radius 3 is 1.95 bits per heavy atom. The van der Waals surface area contributed by atoms with E-state index in [9.17, 15) is 0 Å². The number of nitrogens with one attached hydrogen (secondary N) is 1. The van der Waals surface area contributed by atoms with Gasteiger partial charge in [0, 0.05) is 6.04 Å². The largest absolute Gasteiger partial charge is 0.333 e. The van der Waals surface area contributed by atoms with Gasteiger partial charge in [0.25, 0.3) is 0 Å². The molecule has 1 fully saturated rings. The van der Waals surface area contributed by atoms with E-state index in [1.54, 1.807) is 5.20 Å². The van der Waals surface area contributed by atoms with Crippen LogP contribution in [0.3, 0.4) is 0 Å². The third-order valence-corrected chi connectivity index (χ3v) is 27.4. The molecule has 0 aromatic rings. The molecule has 0 saturated heterocycles. The molecule has 1 atom stereocenters. The fourth-order valence-electron chi connectivity index (χ4n) is 5.09. The molecule has 1 aliphatic carbocycles. The molecule has 1 saturated carbocycles. The first-order valence-electron chi connectivity index (χ1n) is 9.96. The molecule has 130 valence electrons. The van der Waals surface area contributed by atoms with Crippen LogP contribution in [0.2, 0.25) is 24.2 Å². The molecule has 0 aromatic carbocycles. The molecule has 1 rings (SSSR count). The highest BCUT2D eigenvalue weighted by atomic mass is 29.3. The maximum Gasteiger partial charge on any atom is 0.142 e. The van der Waals surface area contributed by atoms with Crippen molar-refractivity contribution in [2.24, 2.45) is 0 Å². The fourth-order valence-corrected chi connectivity index (χ4v) is 25.3. The van der Waals surface area contributed by atoms with Crippen LogP contribution in [-0.2, 0) is 0 Å². The van der Waals surface area contributed by atoms with E-state index < -0.39 is 15.3 Å². The van der Waals surface area contributed by atoms with Gasteiger partial charge in [-0.15, -0.1) is 0 Å². The summed E-state index contributed by atoms with van der Waals surface area (Å²) in [4.78, 5) is 4.45. The topological polar surface area (TPSA) is 12.0 Å². The Kier molecular flexibility index (Phi) is 8.65. The van der Waals surface area contributed by atoms with E-state index in [4.69, 9.17) is 0 Å². The first-order valence-corrected chi connectivity index (χ1v) is 15.8. The van der Waals surface area contributed by atoms with E-state index in [2.05, 4.69) is 52.6 Å². The molecule has 0 aliphatic heterocycles. The Morgan fingerprint density at radius 2 is 1.55 bits per heavy atom. The standard InChI is InChI=1S/C19H41NSi2/c1-7-17-22(18(6)8-2,21(9-3,10-4)11-5)20-19-15-13-12-14-16-19/h8,19-20H,7,9-17H2,1-6H3/b18-8+. The zero-order valence-corrected chi connectivity index (χ0v) is 18.2. The van der Waals surface area contributed by atoms with Crippen molar-refractivity contribution in [2.75, 3.05) is 0 Å². The first-order chi connectivity index (χ1) is 10.6. The average Bonchev–Trinajstić information content (AvgIpc) is 2.57. The van der Waals surface area contributed by atoms with Gasteiger partial charge < -0.3 is 4.98 Å². The normalized spacial score (nSPS) is 20.9. The van der Waals surface area contributed by atoms with Gasteiger partial charge in [-0.2, -0.15) is 0 Å². The summed E-state index contributed by atoms with van der Waals surface area (Å²) >= 11 is 0. The highest BCUT2D eigenvalue weighted by Gasteiger charge is 2.52. The van der Waals surface area contributed by atoms with E-state index in [-0.39, 0.29) is 0 Å². The van der Waals surface area contributed by atoms with E-state index in [0.29, 0.717) is 0 Å². The fraction of sp³-hybridized carbons (Fsp3) is 0.895. The van der Waals surface area contributed by atoms with Gasteiger partial charge in [-0.25, -0.2) is 0 Å². The maximum absolute atomic E-state index is 4.45. The van der Waals surface area contributed by atoms with Crippen LogP contribution in [0, 0.1) is 0 Å². The predicted molar refractivity (Wildman–Crippen MR) is 107 cm³/mol. The Labute approximate surface area is 142 Å². The second-order valence-corrected chi connectivity index (χ2v) is 21.3. The van der Waals surface area contributed by atoms with Crippen molar-refractivity contribution in [3.63, 3.8) is 0 Å². The summed E-state index contributed by atoms with van der Waals surface area (Å²) in [5, 5.41) is 1.78. The second kappa shape index (κ2) is 9.43. The minimum absolute atomic E-state index is 0.818. The SMILES string of the molecule is C/C=C(\C)[Si](CCC)(NC1CCCCC1)[Si](CC)(CC)CC. The predicted octanol–water partition coefficient (Wildman–Crippen LogP) is 6.36. The van der Waals surface area contributed by atoms with Gasteiger partial charge >= 0.3 is 0 Å². The summed E-state index contributed by atoms with van der Waals surface area (Å²) in [6.07, 6.45) is 11.0. The Morgan fingerprint density at radius 1 is 1.00 bits per heavy atom. The Balaban J connectivity index is 3.25. The lowest BCUT2D eigenvalue weighted by atomic mass is 9.96. The highest BCUT2D eigenvalue weighted by Crippen LogP contribution is 2.38. The molecule has 0 aromatic heterocycles. The summed E-state index contributed by atoms with van der Waals surface area (Å²) in [5.74, 6) is 0. The van der Waals surface area contributed by atoms with Crippen LogP contribution in [0.4, 0.5) is 0 Å². The first kappa shape index (κ1) is 20.2. The summed E-state index contributed by atoms with van der Waals surface area (Å²) in [6.45, 7) is 14.7. The molecule has 1 N–H and O–H groups in total. The van der Waals surface area contributed by atoms with E-state index in [1.165, 1.54) is 62.7 Å². The second-order valence-electron chi connectivity index (χ2n) is 7.45. The zero-order valence-electron chi connectivity index (χ0n) is 16.2. The minimum atomic E-state index is -1.52. The molecule has 0 amide bonds. The number of hydrogen-bond acceptors (Lipinski definition) is 1. The van der Waals surface area contributed by atoms with Crippen LogP contribution in [0.1, 0.15) is 80.1 Å². The molecule has 1 unspecified atom stereocenters. The molecule has 3 heteroatoms. The summed E-state index contributed by atoms with van der Waals surface area (Å²) < 4.78 is 0. The summed E-state index contributed by atoms with van der Waals surface area (Å²) in [5.41, 5.74) is 0. The van der Waals surface area contributed by atoms with Crippen molar-refractivity contribution in [2.45, 2.75) is 110 Å². The van der Waals surface area contributed by atoms with Gasteiger partial charge in [0.2, 0.25) is 0 Å². The van der Waals surface area contributed by atoms with Crippen molar-refractivity contribution < 1.29 is 0 Å². The van der Waals surface area contributed by atoms with Crippen LogP contribution in [0.25, 0.3) is 0 Å². The molecular weight excluding hydrogens is 298 g/mol. The summed E-state index contributed by atoms with van der Waals surface area (Å²) in [7, 11) is -2.74. The average molecular weight is 340 g/mol. The number of allylic oxidation sites excluding steroid dienone is 2. The van der Waals surface area contributed by atoms with Crippen molar-refractivity contribution in [3.05, 3.63) is 11.3 Å². The van der Waals surface area contributed by atoms with Gasteiger partial charge in [0.05, 0.1) is 7.59 Å². The molecule has 0 bridgehead atoms. The van der Waals surface area contributed by atoms with Gasteiger partial charge in [-0.3, -0.25) is 0 Å². The van der Waals surface area contributed by atoms with Crippen LogP contribution < -0.4 is 4.98 Å². The van der Waals surface area contributed by atoms with E-state index in [0.717, 1.165) is 6.04 Å². The molecule has 0 spiro atoms. The number of rotatable bonds is 9. The third-order valence-electron chi connectivity index (χ3n) is 6.72. The van der Waals surface area contributed by atoms with Crippen molar-refractivity contribution >= 4 is 15.3 Å². The lowest BCUT2D eigenvalue weighted by molar-refractivity contribution is 0.414. The van der Waals surface area contributed by atoms with Gasteiger partial charge in [0.15, 0.2) is 0 Å². The van der Waals surface area contributed by atoms with E-state index >= 15 is 0 Å². The molecule has 0 heterocycles. The van der Waals surface area contributed by atoms with Crippen LogP contribution >= 0.6 is 0 Å². The number of hydrogen-bond donors (Lipinski definition) is 1. The van der Waals surface area contributed by atoms with Gasteiger partial charge in [0.1, 0.15) is 7.75 Å². The van der Waals surface area contributed by atoms with Crippen LogP contribution in [-0.4, -0.2) is 21.4 Å². The van der Waals surface area contributed by atoms with Gasteiger partial charge in [-0.1, -0.05) is 82.8 Å². The van der Waals surface area contributed by atoms with Crippen LogP contribution in [0.5, 0.6) is 0 Å². The molecule has 1 aliphatic rings. The minimum Gasteiger partial charge on any atom is -0.333 e. The van der Waals surface area contributed by atoms with Crippen molar-refractivity contribution in [1.82, 2.24) is 4.98 Å². The lowest BCUT2D eigenvalue weighted by Gasteiger charge is -2.51. The van der Waals surface area contributed by atoms with Crippen molar-refractivity contribution in [3.8, 4) is 0 Å². The quantitative estimate of drug-likeness (QED) is 0.482. The highest BCUT2D eigenvalue weighted by molar-refractivity contribution is 7.44. The van der Waals surface area contributed by atoms with Crippen LogP contribution in [0.15, 0.2) is 11.3 Å². The molecule has 0 radical (unpaired) electrons. The van der Waals surface area contributed by atoms with Gasteiger partial charge in [-0.05, 0) is 32.7 Å². The smallest absolute Gasteiger partial charge is 0.142 e. The summed E-state index contributed by atoms with van der Waals surface area (Å²) in [6, 6.07) is 6.70. The monoisotopic (exact) mass is 339 g/mol. The Hall–Kier alpha value is 0.134. The lowest BCUT2D eigenvalue weighted by Crippen LogP contribution is -2.73. The van der Waals surface area contributed by atoms with E-state index in [1.807, 2.05) is 0 Å².